The predicted molar refractivity (Wildman–Crippen MR) is 161 cm³/mol. The van der Waals surface area contributed by atoms with Gasteiger partial charge in [-0.1, -0.05) is 81.4 Å². The largest absolute Gasteiger partial charge is 0.374 e. The first-order valence-corrected chi connectivity index (χ1v) is 14.5. The van der Waals surface area contributed by atoms with Crippen LogP contribution in [0.5, 0.6) is 0 Å². The van der Waals surface area contributed by atoms with Gasteiger partial charge in [0.05, 0.1) is 32.7 Å². The van der Waals surface area contributed by atoms with Crippen molar-refractivity contribution >= 4 is 23.5 Å². The van der Waals surface area contributed by atoms with E-state index in [2.05, 4.69) is 15.6 Å². The molecule has 4 rings (SSSR count). The smallest absolute Gasteiger partial charge is 0.250 e. The maximum absolute atomic E-state index is 13.9. The highest BCUT2D eigenvalue weighted by Gasteiger charge is 2.35. The Kier molecular flexibility index (Phi) is 11.0. The number of hydrogen-bond donors (Lipinski definition) is 2. The second-order valence-corrected chi connectivity index (χ2v) is 11.6. The highest BCUT2D eigenvalue weighted by molar-refractivity contribution is 5.97. The van der Waals surface area contributed by atoms with Gasteiger partial charge in [-0.2, -0.15) is 0 Å². The summed E-state index contributed by atoms with van der Waals surface area (Å²) in [5, 5.41) is 5.59. The van der Waals surface area contributed by atoms with Gasteiger partial charge >= 0.3 is 0 Å². The lowest BCUT2D eigenvalue weighted by atomic mass is 9.95. The third-order valence-corrected chi connectivity index (χ3v) is 7.24. The minimum absolute atomic E-state index is 0.0335. The Morgan fingerprint density at radius 1 is 1.05 bits per heavy atom. The molecule has 1 saturated heterocycles. The number of aromatic nitrogens is 2. The zero-order valence-electron chi connectivity index (χ0n) is 25.2. The number of anilines is 1. The first kappa shape index (κ1) is 31.9. The topological polar surface area (TPSA) is 124 Å². The van der Waals surface area contributed by atoms with Crippen LogP contribution in [0.3, 0.4) is 0 Å². The molecule has 3 amide bonds. The normalized spacial score (nSPS) is 16.5. The third-order valence-electron chi connectivity index (χ3n) is 7.24. The van der Waals surface area contributed by atoms with Crippen molar-refractivity contribution in [1.29, 1.82) is 0 Å². The summed E-state index contributed by atoms with van der Waals surface area (Å²) in [4.78, 5) is 56.3. The zero-order chi connectivity index (χ0) is 30.8. The summed E-state index contributed by atoms with van der Waals surface area (Å²) >= 11 is 0. The lowest BCUT2D eigenvalue weighted by Crippen LogP contribution is -2.50. The van der Waals surface area contributed by atoms with Gasteiger partial charge in [-0.25, -0.2) is 14.8 Å². The van der Waals surface area contributed by atoms with Crippen LogP contribution >= 0.6 is 0 Å². The van der Waals surface area contributed by atoms with Crippen molar-refractivity contribution in [2.24, 2.45) is 5.41 Å². The first-order chi connectivity index (χ1) is 20.7. The summed E-state index contributed by atoms with van der Waals surface area (Å²) in [5.74, 6) is -0.616. The van der Waals surface area contributed by atoms with Gasteiger partial charge in [-0.05, 0) is 24.0 Å². The number of nitrogens with zero attached hydrogens (tertiary/aromatic N) is 3. The van der Waals surface area contributed by atoms with Crippen LogP contribution in [0.1, 0.15) is 50.8 Å². The van der Waals surface area contributed by atoms with Crippen LogP contribution in [0.15, 0.2) is 73.2 Å². The van der Waals surface area contributed by atoms with Gasteiger partial charge < -0.3 is 24.8 Å². The van der Waals surface area contributed by atoms with Crippen molar-refractivity contribution in [3.63, 3.8) is 0 Å². The summed E-state index contributed by atoms with van der Waals surface area (Å²) in [6.45, 7) is 6.47. The van der Waals surface area contributed by atoms with Crippen LogP contribution < -0.4 is 10.6 Å². The lowest BCUT2D eigenvalue weighted by Gasteiger charge is -2.29. The molecule has 0 spiro atoms. The highest BCUT2D eigenvalue weighted by atomic mass is 17.2. The van der Waals surface area contributed by atoms with Gasteiger partial charge in [0.15, 0.2) is 5.82 Å². The fraction of sp³-hybridized carbons (Fsp3) is 0.438. The van der Waals surface area contributed by atoms with E-state index >= 15 is 0 Å². The molecule has 2 aromatic carbocycles. The van der Waals surface area contributed by atoms with E-state index in [4.69, 9.17) is 14.5 Å². The Hall–Kier alpha value is -4.06. The van der Waals surface area contributed by atoms with Crippen LogP contribution in [0.2, 0.25) is 0 Å². The van der Waals surface area contributed by atoms with E-state index in [1.165, 1.54) is 13.4 Å². The molecule has 3 atom stereocenters. The molecule has 1 fully saturated rings. The molecule has 11 heteroatoms. The number of imidazole rings is 1. The molecule has 1 aliphatic heterocycles. The number of amides is 3. The third kappa shape index (κ3) is 8.73. The number of ether oxygens (including phenoxy) is 1. The molecule has 0 saturated carbocycles. The molecular weight excluding hydrogens is 550 g/mol. The molecule has 0 radical (unpaired) electrons. The molecule has 3 aromatic rings. The molecule has 230 valence electrons. The van der Waals surface area contributed by atoms with E-state index in [1.807, 2.05) is 65.6 Å². The van der Waals surface area contributed by atoms with Gasteiger partial charge in [-0.15, -0.1) is 0 Å². The van der Waals surface area contributed by atoms with Gasteiger partial charge in [0.2, 0.25) is 5.91 Å². The fourth-order valence-electron chi connectivity index (χ4n) is 4.86. The first-order valence-electron chi connectivity index (χ1n) is 14.5. The summed E-state index contributed by atoms with van der Waals surface area (Å²) in [7, 11) is 1.45. The van der Waals surface area contributed by atoms with E-state index in [0.717, 1.165) is 24.0 Å². The molecule has 0 bridgehead atoms. The molecule has 2 unspecified atom stereocenters. The maximum atomic E-state index is 13.9. The summed E-state index contributed by atoms with van der Waals surface area (Å²) in [6.07, 6.45) is 4.83. The van der Waals surface area contributed by atoms with E-state index in [-0.39, 0.29) is 36.9 Å². The van der Waals surface area contributed by atoms with Gasteiger partial charge in [0.25, 0.3) is 11.8 Å². The van der Waals surface area contributed by atoms with Gasteiger partial charge in [0.1, 0.15) is 18.7 Å². The monoisotopic (exact) mass is 591 g/mol. The molecule has 43 heavy (non-hydrogen) atoms. The average molecular weight is 592 g/mol. The Morgan fingerprint density at radius 3 is 2.42 bits per heavy atom. The summed E-state index contributed by atoms with van der Waals surface area (Å²) in [5.41, 5.74) is 1.03. The van der Waals surface area contributed by atoms with Gasteiger partial charge in [-0.3, -0.25) is 14.4 Å². The van der Waals surface area contributed by atoms with Crippen molar-refractivity contribution in [1.82, 2.24) is 19.8 Å². The second-order valence-electron chi connectivity index (χ2n) is 11.6. The molecule has 0 aliphatic carbocycles. The van der Waals surface area contributed by atoms with Crippen LogP contribution in [-0.4, -0.2) is 71.1 Å². The SMILES string of the molecule is COOCC1CCCN1C(=O)C(c1ccccc1)n1cnc(NC(=O)[C@H](COCc2ccccc2)NC(=O)C(C)(C)C)c1. The van der Waals surface area contributed by atoms with Crippen molar-refractivity contribution in [3.05, 3.63) is 84.3 Å². The van der Waals surface area contributed by atoms with Crippen molar-refractivity contribution in [2.45, 2.75) is 58.3 Å². The molecule has 11 nitrogen and oxygen atoms in total. The highest BCUT2D eigenvalue weighted by Crippen LogP contribution is 2.27. The van der Waals surface area contributed by atoms with Crippen molar-refractivity contribution < 1.29 is 28.9 Å². The standard InChI is InChI=1S/C32H41N5O6/c1-32(2,3)31(40)34-26(21-42-19-23-12-7-5-8-13-23)29(38)35-27-18-36(22-33-27)28(24-14-9-6-10-15-24)30(39)37-17-11-16-25(37)20-43-41-4/h5-10,12-15,18,22,25-26,28H,11,16-17,19-21H2,1-4H3,(H,34,40)(H,35,38)/t25?,26-,28?/m0/s1. The van der Waals surface area contributed by atoms with Crippen LogP contribution in [0.4, 0.5) is 5.82 Å². The average Bonchev–Trinajstić information content (AvgIpc) is 3.66. The molecular formula is C32H41N5O6. The van der Waals surface area contributed by atoms with Crippen LogP contribution in [0, 0.1) is 5.41 Å². The lowest BCUT2D eigenvalue weighted by molar-refractivity contribution is -0.278. The number of carbonyl (C=O) groups is 3. The molecule has 1 aliphatic rings. The minimum Gasteiger partial charge on any atom is -0.374 e. The predicted octanol–water partition coefficient (Wildman–Crippen LogP) is 3.73. The van der Waals surface area contributed by atoms with Crippen molar-refractivity contribution in [2.75, 3.05) is 32.2 Å². The van der Waals surface area contributed by atoms with E-state index in [9.17, 15) is 14.4 Å². The Morgan fingerprint density at radius 2 is 1.74 bits per heavy atom. The second kappa shape index (κ2) is 14.9. The number of benzene rings is 2. The van der Waals surface area contributed by atoms with E-state index in [1.54, 1.807) is 31.5 Å². The van der Waals surface area contributed by atoms with E-state index in [0.29, 0.717) is 13.2 Å². The quantitative estimate of drug-likeness (QED) is 0.229. The fourth-order valence-corrected chi connectivity index (χ4v) is 4.86. The van der Waals surface area contributed by atoms with Crippen LogP contribution in [-0.2, 0) is 35.5 Å². The van der Waals surface area contributed by atoms with Crippen molar-refractivity contribution in [3.8, 4) is 0 Å². The minimum atomic E-state index is -0.960. The maximum Gasteiger partial charge on any atom is 0.250 e. The summed E-state index contributed by atoms with van der Waals surface area (Å²) in [6, 6.07) is 17.2. The van der Waals surface area contributed by atoms with Crippen LogP contribution in [0.25, 0.3) is 0 Å². The number of nitrogens with one attached hydrogen (secondary N) is 2. The Bertz CT molecular complexity index is 1340. The summed E-state index contributed by atoms with van der Waals surface area (Å²) < 4.78 is 7.50. The number of hydrogen-bond acceptors (Lipinski definition) is 7. The number of likely N-dealkylation sites (tertiary alicyclic amines) is 1. The zero-order valence-corrected chi connectivity index (χ0v) is 25.2. The molecule has 2 heterocycles. The van der Waals surface area contributed by atoms with E-state index < -0.39 is 23.4 Å². The van der Waals surface area contributed by atoms with Gasteiger partial charge in [0, 0.05) is 18.2 Å². The Labute approximate surface area is 252 Å². The number of carbonyl (C=O) groups excluding carboxylic acids is 3. The number of rotatable bonds is 13. The Balaban J connectivity index is 1.51. The molecule has 1 aromatic heterocycles. The molecule has 2 N–H and O–H groups in total.